The van der Waals surface area contributed by atoms with E-state index in [9.17, 15) is 9.59 Å². The number of aromatic nitrogens is 1. The number of pyridine rings is 1. The average Bonchev–Trinajstić information content (AvgIpc) is 2.99. The van der Waals surface area contributed by atoms with E-state index < -0.39 is 11.9 Å². The molecule has 2 aromatic carbocycles. The van der Waals surface area contributed by atoms with Crippen LogP contribution in [0.1, 0.15) is 32.0 Å². The summed E-state index contributed by atoms with van der Waals surface area (Å²) in [6.07, 6.45) is 1.15. The zero-order chi connectivity index (χ0) is 30.2. The van der Waals surface area contributed by atoms with Gasteiger partial charge in [0.15, 0.2) is 23.0 Å². The standard InChI is InChI=1S/2C10H15NO3.C7H5NO4/c2*1-12-8-4-7(6-11)5-9(13-2)10(8)14-3;9-6(10)4-1-2-8-5(3-4)7(11)12/h2*4-5H,6,11H2,1-3H3;1-3H,(H,9,10)(H,11,12). The lowest BCUT2D eigenvalue weighted by Crippen LogP contribution is -2.03. The summed E-state index contributed by atoms with van der Waals surface area (Å²) < 4.78 is 31.0. The van der Waals surface area contributed by atoms with E-state index >= 15 is 0 Å². The molecular formula is C27H35N3O10. The van der Waals surface area contributed by atoms with Gasteiger partial charge in [-0.2, -0.15) is 0 Å². The maximum Gasteiger partial charge on any atom is 0.354 e. The maximum absolute atomic E-state index is 10.4. The lowest BCUT2D eigenvalue weighted by atomic mass is 10.2. The number of nitrogens with two attached hydrogens (primary N) is 2. The predicted octanol–water partition coefficient (Wildman–Crippen LogP) is 2.82. The van der Waals surface area contributed by atoms with Crippen molar-refractivity contribution >= 4 is 11.9 Å². The van der Waals surface area contributed by atoms with Crippen molar-refractivity contribution in [2.24, 2.45) is 11.5 Å². The van der Waals surface area contributed by atoms with E-state index in [-0.39, 0.29) is 11.3 Å². The highest BCUT2D eigenvalue weighted by molar-refractivity contribution is 5.92. The molecule has 0 amide bonds. The summed E-state index contributed by atoms with van der Waals surface area (Å²) in [7, 11) is 9.47. The van der Waals surface area contributed by atoms with Crippen LogP contribution < -0.4 is 39.9 Å². The Kier molecular flexibility index (Phi) is 14.1. The summed E-state index contributed by atoms with van der Waals surface area (Å²) in [5.74, 6) is 1.30. The molecule has 0 unspecified atom stereocenters. The minimum Gasteiger partial charge on any atom is -0.493 e. The molecule has 0 aliphatic heterocycles. The van der Waals surface area contributed by atoms with Gasteiger partial charge in [0.1, 0.15) is 5.69 Å². The lowest BCUT2D eigenvalue weighted by molar-refractivity contribution is 0.0690. The third-order valence-corrected chi connectivity index (χ3v) is 5.15. The number of hydrogen-bond donors (Lipinski definition) is 4. The molecule has 0 aliphatic rings. The Balaban J connectivity index is 0.000000301. The molecule has 13 nitrogen and oxygen atoms in total. The number of carbonyl (C=O) groups is 2. The van der Waals surface area contributed by atoms with Crippen LogP contribution >= 0.6 is 0 Å². The van der Waals surface area contributed by atoms with E-state index in [0.717, 1.165) is 23.4 Å². The summed E-state index contributed by atoms with van der Waals surface area (Å²) in [6.45, 7) is 0.882. The first-order chi connectivity index (χ1) is 19.1. The minimum atomic E-state index is -1.24. The highest BCUT2D eigenvalue weighted by Crippen LogP contribution is 2.38. The maximum atomic E-state index is 10.4. The largest absolute Gasteiger partial charge is 0.493 e. The summed E-state index contributed by atoms with van der Waals surface area (Å²) in [4.78, 5) is 24.1. The van der Waals surface area contributed by atoms with Gasteiger partial charge >= 0.3 is 11.9 Å². The van der Waals surface area contributed by atoms with E-state index in [4.69, 9.17) is 50.1 Å². The lowest BCUT2D eigenvalue weighted by Gasteiger charge is -2.13. The average molecular weight is 562 g/mol. The highest BCUT2D eigenvalue weighted by Gasteiger charge is 2.13. The summed E-state index contributed by atoms with van der Waals surface area (Å²) >= 11 is 0. The molecule has 0 spiro atoms. The first kappa shape index (κ1) is 33.3. The van der Waals surface area contributed by atoms with Gasteiger partial charge in [0.05, 0.1) is 48.2 Å². The Bertz CT molecular complexity index is 1120. The van der Waals surface area contributed by atoms with Crippen molar-refractivity contribution in [3.05, 3.63) is 65.0 Å². The van der Waals surface area contributed by atoms with Crippen LogP contribution in [0.25, 0.3) is 0 Å². The zero-order valence-electron chi connectivity index (χ0n) is 23.2. The first-order valence-corrected chi connectivity index (χ1v) is 11.5. The fraction of sp³-hybridized carbons (Fsp3) is 0.296. The van der Waals surface area contributed by atoms with Crippen molar-refractivity contribution in [1.29, 1.82) is 0 Å². The van der Waals surface area contributed by atoms with Crippen molar-refractivity contribution in [3.8, 4) is 34.5 Å². The monoisotopic (exact) mass is 561 g/mol. The smallest absolute Gasteiger partial charge is 0.354 e. The summed E-state index contributed by atoms with van der Waals surface area (Å²) in [6, 6.07) is 9.57. The van der Waals surface area contributed by atoms with Crippen molar-refractivity contribution in [1.82, 2.24) is 4.98 Å². The van der Waals surface area contributed by atoms with Crippen molar-refractivity contribution < 1.29 is 48.2 Å². The van der Waals surface area contributed by atoms with Gasteiger partial charge in [-0.25, -0.2) is 14.6 Å². The van der Waals surface area contributed by atoms with E-state index in [2.05, 4.69) is 4.98 Å². The number of nitrogens with zero attached hydrogens (tertiary/aromatic N) is 1. The second kappa shape index (κ2) is 17.0. The van der Waals surface area contributed by atoms with Crippen LogP contribution in [0.4, 0.5) is 0 Å². The number of hydrogen-bond acceptors (Lipinski definition) is 11. The fourth-order valence-electron chi connectivity index (χ4n) is 3.19. The number of rotatable bonds is 10. The van der Waals surface area contributed by atoms with Crippen molar-refractivity contribution in [2.75, 3.05) is 42.7 Å². The number of benzene rings is 2. The zero-order valence-corrected chi connectivity index (χ0v) is 23.2. The molecule has 0 saturated heterocycles. The number of carboxylic acids is 2. The molecule has 218 valence electrons. The van der Waals surface area contributed by atoms with Crippen LogP contribution in [0.3, 0.4) is 0 Å². The quantitative estimate of drug-likeness (QED) is 0.282. The third-order valence-electron chi connectivity index (χ3n) is 5.15. The SMILES string of the molecule is COc1cc(CN)cc(OC)c1OC.COc1cc(CN)cc(OC)c1OC.O=C(O)c1ccnc(C(=O)O)c1. The van der Waals surface area contributed by atoms with Gasteiger partial charge in [-0.05, 0) is 47.5 Å². The molecule has 0 atom stereocenters. The van der Waals surface area contributed by atoms with E-state index in [1.807, 2.05) is 24.3 Å². The Morgan fingerprint density at radius 2 is 1.02 bits per heavy atom. The van der Waals surface area contributed by atoms with Gasteiger partial charge in [-0.15, -0.1) is 0 Å². The van der Waals surface area contributed by atoms with E-state index in [0.29, 0.717) is 47.6 Å². The number of methoxy groups -OCH3 is 6. The Labute approximate surface area is 232 Å². The fourth-order valence-corrected chi connectivity index (χ4v) is 3.19. The van der Waals surface area contributed by atoms with E-state index in [1.165, 1.54) is 6.07 Å². The summed E-state index contributed by atoms with van der Waals surface area (Å²) in [5, 5.41) is 16.9. The summed E-state index contributed by atoms with van der Waals surface area (Å²) in [5.41, 5.74) is 12.6. The molecule has 0 radical (unpaired) electrons. The van der Waals surface area contributed by atoms with Gasteiger partial charge in [0.2, 0.25) is 11.5 Å². The topological polar surface area (TPSA) is 195 Å². The second-order valence-corrected chi connectivity index (χ2v) is 7.52. The van der Waals surface area contributed by atoms with Crippen LogP contribution in [0, 0.1) is 0 Å². The molecule has 3 rings (SSSR count). The molecule has 13 heteroatoms. The predicted molar refractivity (Wildman–Crippen MR) is 146 cm³/mol. The van der Waals surface area contributed by atoms with E-state index in [1.54, 1.807) is 42.7 Å². The molecule has 0 fully saturated rings. The van der Waals surface area contributed by atoms with Crippen LogP contribution in [-0.4, -0.2) is 69.8 Å². The highest BCUT2D eigenvalue weighted by atomic mass is 16.5. The van der Waals surface area contributed by atoms with Crippen molar-refractivity contribution in [3.63, 3.8) is 0 Å². The van der Waals surface area contributed by atoms with Gasteiger partial charge in [0.25, 0.3) is 0 Å². The van der Waals surface area contributed by atoms with Crippen LogP contribution in [0.2, 0.25) is 0 Å². The van der Waals surface area contributed by atoms with Gasteiger partial charge in [0, 0.05) is 19.3 Å². The molecule has 1 heterocycles. The van der Waals surface area contributed by atoms with Gasteiger partial charge in [-0.1, -0.05) is 0 Å². The Morgan fingerprint density at radius 1 is 0.650 bits per heavy atom. The Hall–Kier alpha value is -4.75. The third kappa shape index (κ3) is 9.22. The molecular weight excluding hydrogens is 526 g/mol. The van der Waals surface area contributed by atoms with Gasteiger partial charge in [-0.3, -0.25) is 0 Å². The molecule has 6 N–H and O–H groups in total. The molecule has 0 bridgehead atoms. The van der Waals surface area contributed by atoms with Crippen LogP contribution in [0.15, 0.2) is 42.6 Å². The first-order valence-electron chi connectivity index (χ1n) is 11.5. The minimum absolute atomic E-state index is 0.0811. The Morgan fingerprint density at radius 3 is 1.27 bits per heavy atom. The molecule has 0 aliphatic carbocycles. The van der Waals surface area contributed by atoms with Crippen LogP contribution in [-0.2, 0) is 13.1 Å². The van der Waals surface area contributed by atoms with Crippen LogP contribution in [0.5, 0.6) is 34.5 Å². The van der Waals surface area contributed by atoms with Gasteiger partial charge < -0.3 is 50.1 Å². The second-order valence-electron chi connectivity index (χ2n) is 7.52. The number of aromatic carboxylic acids is 2. The molecule has 40 heavy (non-hydrogen) atoms. The molecule has 1 aromatic heterocycles. The van der Waals surface area contributed by atoms with Crippen molar-refractivity contribution in [2.45, 2.75) is 13.1 Å². The normalized spacial score (nSPS) is 9.60. The molecule has 3 aromatic rings. The molecule has 0 saturated carbocycles. The number of carboxylic acid groups (broad SMARTS) is 2. The number of ether oxygens (including phenoxy) is 6.